The van der Waals surface area contributed by atoms with Crippen LogP contribution in [0.15, 0.2) is 29.5 Å². The van der Waals surface area contributed by atoms with E-state index in [1.165, 1.54) is 23.1 Å². The molecule has 3 aromatic heterocycles. The second-order valence-corrected chi connectivity index (χ2v) is 8.75. The van der Waals surface area contributed by atoms with E-state index in [0.29, 0.717) is 6.61 Å². The van der Waals surface area contributed by atoms with Crippen molar-refractivity contribution >= 4 is 17.2 Å². The van der Waals surface area contributed by atoms with Crippen molar-refractivity contribution in [2.75, 3.05) is 18.1 Å². The molecule has 1 saturated carbocycles. The average molecular weight is 406 g/mol. The van der Waals surface area contributed by atoms with Crippen molar-refractivity contribution in [1.82, 2.24) is 24.4 Å². The predicted octanol–water partition coefficient (Wildman–Crippen LogP) is 3.02. The number of aryl methyl sites for hydroxylation is 1. The summed E-state index contributed by atoms with van der Waals surface area (Å²) in [5.41, 5.74) is 3.99. The number of hydrogen-bond donors (Lipinski definition) is 0. The van der Waals surface area contributed by atoms with Crippen molar-refractivity contribution in [3.8, 4) is 0 Å². The average Bonchev–Trinajstić information content (AvgIpc) is 3.52. The van der Waals surface area contributed by atoms with Gasteiger partial charge in [0, 0.05) is 36.5 Å². The minimum absolute atomic E-state index is 0.119. The highest BCUT2D eigenvalue weighted by Gasteiger charge is 2.26. The van der Waals surface area contributed by atoms with Gasteiger partial charge in [0.05, 0.1) is 18.1 Å². The van der Waals surface area contributed by atoms with Gasteiger partial charge in [0.2, 0.25) is 0 Å². The van der Waals surface area contributed by atoms with E-state index in [-0.39, 0.29) is 11.8 Å². The van der Waals surface area contributed by atoms with Gasteiger partial charge in [-0.3, -0.25) is 4.79 Å². The molecule has 1 atom stereocenters. The maximum atomic E-state index is 12.8. The molecular formula is C22H26N6O2. The van der Waals surface area contributed by atoms with Crippen LogP contribution in [0.5, 0.6) is 0 Å². The Morgan fingerprint density at radius 2 is 2.03 bits per heavy atom. The molecule has 0 bridgehead atoms. The molecule has 1 aliphatic carbocycles. The SMILES string of the molecule is O=c1cc(N2CCCc3cn4ncc(CC5CC5)c4nc32)cnn1C1CCCCO1. The highest BCUT2D eigenvalue weighted by Crippen LogP contribution is 2.35. The molecule has 0 spiro atoms. The Hall–Kier alpha value is -2.74. The zero-order valence-corrected chi connectivity index (χ0v) is 17.0. The van der Waals surface area contributed by atoms with Crippen molar-refractivity contribution < 1.29 is 4.74 Å². The van der Waals surface area contributed by atoms with Crippen LogP contribution in [-0.2, 0) is 17.6 Å². The van der Waals surface area contributed by atoms with Crippen molar-refractivity contribution in [2.24, 2.45) is 5.92 Å². The Morgan fingerprint density at radius 1 is 1.10 bits per heavy atom. The molecule has 8 nitrogen and oxygen atoms in total. The van der Waals surface area contributed by atoms with Crippen molar-refractivity contribution in [1.29, 1.82) is 0 Å². The van der Waals surface area contributed by atoms with E-state index >= 15 is 0 Å². The topological polar surface area (TPSA) is 77.5 Å². The van der Waals surface area contributed by atoms with E-state index < -0.39 is 0 Å². The van der Waals surface area contributed by atoms with Crippen molar-refractivity contribution in [3.63, 3.8) is 0 Å². The van der Waals surface area contributed by atoms with E-state index in [1.54, 1.807) is 12.3 Å². The van der Waals surface area contributed by atoms with E-state index in [2.05, 4.69) is 21.3 Å². The van der Waals surface area contributed by atoms with Crippen LogP contribution in [0.25, 0.3) is 5.65 Å². The Bertz CT molecular complexity index is 1140. The molecule has 3 aromatic rings. The van der Waals surface area contributed by atoms with Crippen molar-refractivity contribution in [3.05, 3.63) is 46.1 Å². The van der Waals surface area contributed by atoms with Crippen LogP contribution in [0.2, 0.25) is 0 Å². The van der Waals surface area contributed by atoms with Gasteiger partial charge >= 0.3 is 0 Å². The highest BCUT2D eigenvalue weighted by molar-refractivity contribution is 5.66. The molecule has 2 fully saturated rings. The van der Waals surface area contributed by atoms with Gasteiger partial charge in [0.1, 0.15) is 5.82 Å². The minimum Gasteiger partial charge on any atom is -0.356 e. The number of nitrogens with zero attached hydrogens (tertiary/aromatic N) is 6. The van der Waals surface area contributed by atoms with Gasteiger partial charge in [-0.15, -0.1) is 0 Å². The summed E-state index contributed by atoms with van der Waals surface area (Å²) in [6, 6.07) is 1.67. The van der Waals surface area contributed by atoms with E-state index in [0.717, 1.165) is 73.7 Å². The lowest BCUT2D eigenvalue weighted by atomic mass is 10.1. The van der Waals surface area contributed by atoms with Crippen LogP contribution in [0.1, 0.15) is 55.9 Å². The van der Waals surface area contributed by atoms with Crippen LogP contribution in [0.3, 0.4) is 0 Å². The number of rotatable bonds is 4. The first-order valence-electron chi connectivity index (χ1n) is 11.1. The van der Waals surface area contributed by atoms with Gasteiger partial charge in [-0.1, -0.05) is 0 Å². The van der Waals surface area contributed by atoms with Crippen LogP contribution < -0.4 is 10.5 Å². The second-order valence-electron chi connectivity index (χ2n) is 8.75. The predicted molar refractivity (Wildman–Crippen MR) is 112 cm³/mol. The van der Waals surface area contributed by atoms with Gasteiger partial charge in [-0.05, 0) is 57.3 Å². The maximum Gasteiger partial charge on any atom is 0.271 e. The quantitative estimate of drug-likeness (QED) is 0.663. The first kappa shape index (κ1) is 18.1. The lowest BCUT2D eigenvalue weighted by Gasteiger charge is -2.30. The fourth-order valence-corrected chi connectivity index (χ4v) is 4.65. The lowest BCUT2D eigenvalue weighted by molar-refractivity contribution is -0.0424. The summed E-state index contributed by atoms with van der Waals surface area (Å²) in [5.74, 6) is 1.71. The van der Waals surface area contributed by atoms with Gasteiger partial charge in [0.15, 0.2) is 11.9 Å². The van der Waals surface area contributed by atoms with Crippen molar-refractivity contribution in [2.45, 2.75) is 57.6 Å². The number of anilines is 2. The third-order valence-corrected chi connectivity index (χ3v) is 6.46. The smallest absolute Gasteiger partial charge is 0.271 e. The summed E-state index contributed by atoms with van der Waals surface area (Å²) in [6.07, 6.45) is 14.2. The van der Waals surface area contributed by atoms with Gasteiger partial charge in [0.25, 0.3) is 5.56 Å². The molecule has 156 valence electrons. The zero-order chi connectivity index (χ0) is 20.1. The van der Waals surface area contributed by atoms with E-state index in [4.69, 9.17) is 9.72 Å². The minimum atomic E-state index is -0.247. The summed E-state index contributed by atoms with van der Waals surface area (Å²) in [6.45, 7) is 1.52. The normalized spacial score (nSPS) is 21.7. The molecule has 2 aliphatic heterocycles. The number of fused-ring (bicyclic) bond motifs is 2. The second kappa shape index (κ2) is 7.19. The fourth-order valence-electron chi connectivity index (χ4n) is 4.65. The fraction of sp³-hybridized carbons (Fsp3) is 0.545. The summed E-state index contributed by atoms with van der Waals surface area (Å²) < 4.78 is 9.13. The lowest BCUT2D eigenvalue weighted by Crippen LogP contribution is -2.33. The zero-order valence-electron chi connectivity index (χ0n) is 17.0. The third kappa shape index (κ3) is 3.19. The summed E-state index contributed by atoms with van der Waals surface area (Å²) in [7, 11) is 0. The Labute approximate surface area is 174 Å². The molecular weight excluding hydrogens is 380 g/mol. The molecule has 30 heavy (non-hydrogen) atoms. The first-order chi connectivity index (χ1) is 14.8. The molecule has 0 N–H and O–H groups in total. The Morgan fingerprint density at radius 3 is 2.83 bits per heavy atom. The molecule has 3 aliphatic rings. The first-order valence-corrected chi connectivity index (χ1v) is 11.1. The van der Waals surface area contributed by atoms with E-state index in [1.807, 2.05) is 10.7 Å². The molecule has 0 amide bonds. The molecule has 1 unspecified atom stereocenters. The largest absolute Gasteiger partial charge is 0.356 e. The molecule has 8 heteroatoms. The highest BCUT2D eigenvalue weighted by atomic mass is 16.5. The molecule has 0 radical (unpaired) electrons. The molecule has 0 aromatic carbocycles. The monoisotopic (exact) mass is 406 g/mol. The third-order valence-electron chi connectivity index (χ3n) is 6.46. The number of ether oxygens (including phenoxy) is 1. The molecule has 6 rings (SSSR count). The standard InChI is InChI=1S/C22H26N6O2/c29-19-11-18(13-24-28(19)20-5-1-2-9-30-20)26-8-3-4-16-14-27-22(25-21(16)26)17(12-23-27)10-15-6-7-15/h11-15,20H,1-10H2. The Kier molecular flexibility index (Phi) is 4.33. The maximum absolute atomic E-state index is 12.8. The Balaban J connectivity index is 1.36. The van der Waals surface area contributed by atoms with Crippen LogP contribution in [0, 0.1) is 5.92 Å². The van der Waals surface area contributed by atoms with Crippen LogP contribution in [-0.4, -0.2) is 37.5 Å². The van der Waals surface area contributed by atoms with Crippen LogP contribution >= 0.6 is 0 Å². The number of aromatic nitrogens is 5. The summed E-state index contributed by atoms with van der Waals surface area (Å²) >= 11 is 0. The summed E-state index contributed by atoms with van der Waals surface area (Å²) in [5, 5.41) is 9.00. The van der Waals surface area contributed by atoms with Gasteiger partial charge in [-0.2, -0.15) is 10.2 Å². The molecule has 1 saturated heterocycles. The van der Waals surface area contributed by atoms with E-state index in [9.17, 15) is 4.79 Å². The number of hydrogen-bond acceptors (Lipinski definition) is 6. The van der Waals surface area contributed by atoms with Crippen LogP contribution in [0.4, 0.5) is 11.5 Å². The van der Waals surface area contributed by atoms with Gasteiger partial charge in [-0.25, -0.2) is 14.2 Å². The van der Waals surface area contributed by atoms with Gasteiger partial charge < -0.3 is 9.64 Å². The molecule has 5 heterocycles. The summed E-state index contributed by atoms with van der Waals surface area (Å²) in [4.78, 5) is 20.0.